The minimum atomic E-state index is -0.425. The molecule has 4 heteroatoms. The number of halogens is 1. The highest BCUT2D eigenvalue weighted by atomic mass is 35.5. The molecule has 0 bridgehead atoms. The van der Waals surface area contributed by atoms with Gasteiger partial charge in [0.25, 0.3) is 0 Å². The molecule has 1 amide bonds. The van der Waals surface area contributed by atoms with Crippen LogP contribution in [0.25, 0.3) is 0 Å². The highest BCUT2D eigenvalue weighted by molar-refractivity contribution is 5.97. The fraction of sp³-hybridized carbons (Fsp3) is 0.462. The predicted octanol–water partition coefficient (Wildman–Crippen LogP) is 2.04. The molecule has 1 atom stereocenters. The third kappa shape index (κ3) is 2.79. The number of nitrogens with two attached hydrogens (primary N) is 1. The maximum Gasteiger partial charge on any atom is 0.243 e. The van der Waals surface area contributed by atoms with E-state index < -0.39 is 6.04 Å². The van der Waals surface area contributed by atoms with Crippen molar-refractivity contribution >= 4 is 24.0 Å². The van der Waals surface area contributed by atoms with Gasteiger partial charge < -0.3 is 10.6 Å². The zero-order chi connectivity index (χ0) is 11.7. The highest BCUT2D eigenvalue weighted by Crippen LogP contribution is 2.28. The first-order valence-electron chi connectivity index (χ1n) is 5.76. The number of rotatable bonds is 1. The van der Waals surface area contributed by atoms with E-state index in [1.54, 1.807) is 6.92 Å². The molecule has 0 saturated heterocycles. The van der Waals surface area contributed by atoms with Gasteiger partial charge in [-0.3, -0.25) is 4.79 Å². The lowest BCUT2D eigenvalue weighted by Gasteiger charge is -2.31. The Labute approximate surface area is 108 Å². The van der Waals surface area contributed by atoms with Crippen LogP contribution in [0, 0.1) is 6.92 Å². The first-order chi connectivity index (χ1) is 7.59. The molecule has 1 aliphatic heterocycles. The van der Waals surface area contributed by atoms with Gasteiger partial charge in [-0.2, -0.15) is 0 Å². The van der Waals surface area contributed by atoms with E-state index in [0.717, 1.165) is 25.1 Å². The molecule has 0 spiro atoms. The van der Waals surface area contributed by atoms with Crippen LogP contribution in [-0.4, -0.2) is 18.5 Å². The molecule has 94 valence electrons. The van der Waals surface area contributed by atoms with Crippen LogP contribution in [0.5, 0.6) is 0 Å². The van der Waals surface area contributed by atoms with Crippen molar-refractivity contribution in [3.63, 3.8) is 0 Å². The molecule has 0 radical (unpaired) electrons. The Hall–Kier alpha value is -1.06. The van der Waals surface area contributed by atoms with Gasteiger partial charge >= 0.3 is 0 Å². The number of hydrogen-bond donors (Lipinski definition) is 1. The van der Waals surface area contributed by atoms with Gasteiger partial charge in [0.2, 0.25) is 5.91 Å². The molecule has 1 aromatic carbocycles. The summed E-state index contributed by atoms with van der Waals surface area (Å²) in [5.74, 6) is 0.0200. The van der Waals surface area contributed by atoms with Crippen molar-refractivity contribution in [2.45, 2.75) is 32.7 Å². The third-order valence-corrected chi connectivity index (χ3v) is 3.01. The summed E-state index contributed by atoms with van der Waals surface area (Å²) in [4.78, 5) is 13.8. The number of benzene rings is 1. The monoisotopic (exact) mass is 254 g/mol. The molecule has 0 unspecified atom stereocenters. The Morgan fingerprint density at radius 1 is 1.47 bits per heavy atom. The first-order valence-corrected chi connectivity index (χ1v) is 5.76. The number of amides is 1. The van der Waals surface area contributed by atoms with E-state index in [0.29, 0.717) is 0 Å². The third-order valence-electron chi connectivity index (χ3n) is 3.01. The number of fused-ring (bicyclic) bond motifs is 1. The van der Waals surface area contributed by atoms with Gasteiger partial charge in [-0.25, -0.2) is 0 Å². The summed E-state index contributed by atoms with van der Waals surface area (Å²) in [6, 6.07) is 5.87. The molecule has 0 saturated carbocycles. The number of carbonyl (C=O) groups excluding carboxylic acids is 1. The minimum Gasteiger partial charge on any atom is -0.320 e. The summed E-state index contributed by atoms with van der Waals surface area (Å²) in [6.07, 6.45) is 2.08. The first kappa shape index (κ1) is 14.0. The van der Waals surface area contributed by atoms with E-state index >= 15 is 0 Å². The van der Waals surface area contributed by atoms with Crippen molar-refractivity contribution in [1.82, 2.24) is 0 Å². The van der Waals surface area contributed by atoms with Crippen molar-refractivity contribution in [3.8, 4) is 0 Å². The van der Waals surface area contributed by atoms with Crippen molar-refractivity contribution in [2.75, 3.05) is 11.4 Å². The zero-order valence-electron chi connectivity index (χ0n) is 10.3. The van der Waals surface area contributed by atoms with E-state index in [1.807, 2.05) is 11.8 Å². The van der Waals surface area contributed by atoms with Gasteiger partial charge in [0.05, 0.1) is 6.04 Å². The van der Waals surface area contributed by atoms with Gasteiger partial charge in [-0.1, -0.05) is 12.1 Å². The lowest BCUT2D eigenvalue weighted by Crippen LogP contribution is -2.44. The van der Waals surface area contributed by atoms with Crippen LogP contribution in [0.1, 0.15) is 24.5 Å². The topological polar surface area (TPSA) is 46.3 Å². The maximum atomic E-state index is 12.0. The highest BCUT2D eigenvalue weighted by Gasteiger charge is 2.24. The summed E-state index contributed by atoms with van der Waals surface area (Å²) in [5, 5.41) is 0. The normalized spacial score (nSPS) is 15.8. The van der Waals surface area contributed by atoms with Crippen LogP contribution in [0.15, 0.2) is 18.2 Å². The number of nitrogens with zero attached hydrogens (tertiary/aromatic N) is 1. The van der Waals surface area contributed by atoms with Gasteiger partial charge in [0.1, 0.15) is 0 Å². The standard InChI is InChI=1S/C13H18N2O.ClH/c1-9-5-6-11-4-3-7-15(12(11)8-9)13(16)10(2)14;/h5-6,8,10H,3-4,7,14H2,1-2H3;1H/t10-;/m0./s1. The molecule has 1 aromatic rings. The van der Waals surface area contributed by atoms with Crippen LogP contribution in [-0.2, 0) is 11.2 Å². The van der Waals surface area contributed by atoms with Crippen LogP contribution >= 0.6 is 12.4 Å². The summed E-state index contributed by atoms with van der Waals surface area (Å²) in [6.45, 7) is 4.58. The van der Waals surface area contributed by atoms with Crippen LogP contribution < -0.4 is 10.6 Å². The maximum absolute atomic E-state index is 12.0. The number of aryl methyl sites for hydroxylation is 2. The lowest BCUT2D eigenvalue weighted by atomic mass is 9.99. The van der Waals surface area contributed by atoms with Crippen LogP contribution in [0.2, 0.25) is 0 Å². The van der Waals surface area contributed by atoms with E-state index in [1.165, 1.54) is 11.1 Å². The van der Waals surface area contributed by atoms with E-state index in [-0.39, 0.29) is 18.3 Å². The molecule has 0 aliphatic carbocycles. The summed E-state index contributed by atoms with van der Waals surface area (Å²) in [7, 11) is 0. The second kappa shape index (κ2) is 5.52. The smallest absolute Gasteiger partial charge is 0.243 e. The zero-order valence-corrected chi connectivity index (χ0v) is 11.1. The number of anilines is 1. The van der Waals surface area contributed by atoms with E-state index in [9.17, 15) is 4.79 Å². The molecule has 3 nitrogen and oxygen atoms in total. The minimum absolute atomic E-state index is 0. The average Bonchev–Trinajstić information content (AvgIpc) is 2.27. The molecule has 0 fully saturated rings. The summed E-state index contributed by atoms with van der Waals surface area (Å²) in [5.41, 5.74) is 9.16. The quantitative estimate of drug-likeness (QED) is 0.834. The van der Waals surface area contributed by atoms with Gasteiger partial charge in [0, 0.05) is 12.2 Å². The van der Waals surface area contributed by atoms with Gasteiger partial charge in [-0.15, -0.1) is 12.4 Å². The molecule has 17 heavy (non-hydrogen) atoms. The van der Waals surface area contributed by atoms with Crippen molar-refractivity contribution < 1.29 is 4.79 Å². The van der Waals surface area contributed by atoms with Crippen LogP contribution in [0.4, 0.5) is 5.69 Å². The Morgan fingerprint density at radius 2 is 2.18 bits per heavy atom. The van der Waals surface area contributed by atoms with E-state index in [2.05, 4.69) is 18.2 Å². The predicted molar refractivity (Wildman–Crippen MR) is 72.8 cm³/mol. The van der Waals surface area contributed by atoms with Gasteiger partial charge in [-0.05, 0) is 43.9 Å². The Morgan fingerprint density at radius 3 is 2.82 bits per heavy atom. The van der Waals surface area contributed by atoms with Crippen molar-refractivity contribution in [3.05, 3.63) is 29.3 Å². The lowest BCUT2D eigenvalue weighted by molar-refractivity contribution is -0.119. The SMILES string of the molecule is Cc1ccc2c(c1)N(C(=O)[C@H](C)N)CCC2.Cl. The number of hydrogen-bond acceptors (Lipinski definition) is 2. The second-order valence-corrected chi connectivity index (χ2v) is 4.51. The molecular weight excluding hydrogens is 236 g/mol. The second-order valence-electron chi connectivity index (χ2n) is 4.51. The Kier molecular flexibility index (Phi) is 4.54. The largest absolute Gasteiger partial charge is 0.320 e. The van der Waals surface area contributed by atoms with Crippen molar-refractivity contribution in [2.24, 2.45) is 5.73 Å². The van der Waals surface area contributed by atoms with Gasteiger partial charge in [0.15, 0.2) is 0 Å². The van der Waals surface area contributed by atoms with E-state index in [4.69, 9.17) is 5.73 Å². The molecule has 1 heterocycles. The summed E-state index contributed by atoms with van der Waals surface area (Å²) >= 11 is 0. The van der Waals surface area contributed by atoms with Crippen molar-refractivity contribution in [1.29, 1.82) is 0 Å². The Bertz CT molecular complexity index is 418. The van der Waals surface area contributed by atoms with Crippen LogP contribution in [0.3, 0.4) is 0 Å². The fourth-order valence-corrected chi connectivity index (χ4v) is 2.16. The molecule has 2 rings (SSSR count). The molecule has 2 N–H and O–H groups in total. The molecule has 1 aliphatic rings. The summed E-state index contributed by atoms with van der Waals surface area (Å²) < 4.78 is 0. The molecule has 0 aromatic heterocycles. The number of carbonyl (C=O) groups is 1. The fourth-order valence-electron chi connectivity index (χ4n) is 2.16. The average molecular weight is 255 g/mol. The molecular formula is C13H19ClN2O. The Balaban J connectivity index is 0.00000144.